The van der Waals surface area contributed by atoms with E-state index < -0.39 is 11.0 Å². The van der Waals surface area contributed by atoms with Gasteiger partial charge in [0.2, 0.25) is 11.9 Å². The molecular formula is C21H27N7O2. The zero-order valence-electron chi connectivity index (χ0n) is 17.5. The molecule has 9 nitrogen and oxygen atoms in total. The van der Waals surface area contributed by atoms with Crippen molar-refractivity contribution in [3.05, 3.63) is 24.7 Å². The molecule has 4 rings (SSSR count). The zero-order chi connectivity index (χ0) is 21.5. The number of rotatable bonds is 7. The van der Waals surface area contributed by atoms with Crippen molar-refractivity contribution in [2.75, 3.05) is 23.4 Å². The molecule has 30 heavy (non-hydrogen) atoms. The number of amides is 1. The van der Waals surface area contributed by atoms with Crippen LogP contribution in [0.15, 0.2) is 24.7 Å². The Morgan fingerprint density at radius 2 is 2.20 bits per heavy atom. The van der Waals surface area contributed by atoms with Crippen molar-refractivity contribution in [3.8, 4) is 6.07 Å². The number of aromatic nitrogens is 4. The minimum Gasteiger partial charge on any atom is -0.394 e. The molecule has 1 amide bonds. The van der Waals surface area contributed by atoms with E-state index >= 15 is 0 Å². The molecule has 1 saturated carbocycles. The smallest absolute Gasteiger partial charge is 0.249 e. The van der Waals surface area contributed by atoms with Crippen LogP contribution in [0.25, 0.3) is 0 Å². The quantitative estimate of drug-likeness (QED) is 0.720. The number of nitrogens with zero attached hydrogens (tertiary/aromatic N) is 6. The first-order valence-corrected chi connectivity index (χ1v) is 10.3. The van der Waals surface area contributed by atoms with Gasteiger partial charge >= 0.3 is 0 Å². The Hall–Kier alpha value is -2.99. The molecule has 9 heteroatoms. The highest BCUT2D eigenvalue weighted by Gasteiger charge is 2.61. The SMILES string of the molecule is CC[C@@H]1CN(c2ccnc(Nc3cnn(C(C)(C)CO)c3)n2)C(=O)[C@]1(C#N)C1CC1. The molecule has 1 saturated heterocycles. The van der Waals surface area contributed by atoms with Crippen molar-refractivity contribution < 1.29 is 9.90 Å². The number of aliphatic hydroxyl groups excluding tert-OH is 1. The maximum absolute atomic E-state index is 13.3. The predicted molar refractivity (Wildman–Crippen MR) is 111 cm³/mol. The summed E-state index contributed by atoms with van der Waals surface area (Å²) >= 11 is 0. The van der Waals surface area contributed by atoms with Crippen molar-refractivity contribution in [1.29, 1.82) is 5.26 Å². The normalized spacial score (nSPS) is 24.2. The molecule has 0 bridgehead atoms. The number of nitrogens with one attached hydrogen (secondary N) is 1. The van der Waals surface area contributed by atoms with Gasteiger partial charge in [-0.25, -0.2) is 4.98 Å². The fourth-order valence-corrected chi connectivity index (χ4v) is 4.25. The van der Waals surface area contributed by atoms with E-state index in [9.17, 15) is 15.2 Å². The Morgan fingerprint density at radius 3 is 2.83 bits per heavy atom. The highest BCUT2D eigenvalue weighted by Crippen LogP contribution is 2.55. The molecule has 2 aromatic rings. The van der Waals surface area contributed by atoms with Crippen LogP contribution in [0.2, 0.25) is 0 Å². The van der Waals surface area contributed by atoms with Crippen LogP contribution in [0.4, 0.5) is 17.5 Å². The number of hydrogen-bond acceptors (Lipinski definition) is 7. The molecule has 2 aromatic heterocycles. The lowest BCUT2D eigenvalue weighted by Gasteiger charge is -2.24. The summed E-state index contributed by atoms with van der Waals surface area (Å²) in [4.78, 5) is 23.7. The van der Waals surface area contributed by atoms with Gasteiger partial charge in [0.1, 0.15) is 11.2 Å². The predicted octanol–water partition coefficient (Wildman–Crippen LogP) is 2.44. The molecule has 2 N–H and O–H groups in total. The number of aliphatic hydroxyl groups is 1. The van der Waals surface area contributed by atoms with Gasteiger partial charge in [-0.05, 0) is 45.1 Å². The second-order valence-corrected chi connectivity index (χ2v) is 8.78. The summed E-state index contributed by atoms with van der Waals surface area (Å²) in [5.41, 5.74) is -0.773. The van der Waals surface area contributed by atoms with E-state index in [1.165, 1.54) is 0 Å². The lowest BCUT2D eigenvalue weighted by Crippen LogP contribution is -2.37. The van der Waals surface area contributed by atoms with Crippen LogP contribution in [0, 0.1) is 28.6 Å². The molecule has 2 fully saturated rings. The van der Waals surface area contributed by atoms with Crippen LogP contribution in [0.1, 0.15) is 40.0 Å². The molecule has 0 spiro atoms. The van der Waals surface area contributed by atoms with Crippen molar-refractivity contribution in [2.45, 2.75) is 45.6 Å². The van der Waals surface area contributed by atoms with E-state index in [0.29, 0.717) is 24.0 Å². The van der Waals surface area contributed by atoms with Crippen LogP contribution in [0.5, 0.6) is 0 Å². The van der Waals surface area contributed by atoms with Crippen LogP contribution in [-0.2, 0) is 10.3 Å². The number of carbonyl (C=O) groups is 1. The number of carbonyl (C=O) groups excluding carboxylic acids is 1. The maximum atomic E-state index is 13.3. The van der Waals surface area contributed by atoms with Crippen LogP contribution in [0.3, 0.4) is 0 Å². The van der Waals surface area contributed by atoms with E-state index in [2.05, 4.69) is 26.5 Å². The maximum Gasteiger partial charge on any atom is 0.249 e. The van der Waals surface area contributed by atoms with Gasteiger partial charge in [0.25, 0.3) is 0 Å². The summed E-state index contributed by atoms with van der Waals surface area (Å²) in [7, 11) is 0. The Kier molecular flexibility index (Phi) is 4.98. The summed E-state index contributed by atoms with van der Waals surface area (Å²) in [6.07, 6.45) is 7.67. The highest BCUT2D eigenvalue weighted by atomic mass is 16.3. The lowest BCUT2D eigenvalue weighted by molar-refractivity contribution is -0.125. The first kappa shape index (κ1) is 20.3. The minimum absolute atomic E-state index is 0.00724. The van der Waals surface area contributed by atoms with E-state index in [4.69, 9.17) is 0 Å². The molecular weight excluding hydrogens is 382 g/mol. The first-order chi connectivity index (χ1) is 14.4. The van der Waals surface area contributed by atoms with E-state index in [1.54, 1.807) is 34.2 Å². The Morgan fingerprint density at radius 1 is 1.43 bits per heavy atom. The third-order valence-corrected chi connectivity index (χ3v) is 6.31. The third kappa shape index (κ3) is 3.21. The van der Waals surface area contributed by atoms with Gasteiger partial charge in [-0.15, -0.1) is 0 Å². The van der Waals surface area contributed by atoms with Gasteiger partial charge in [0, 0.05) is 24.9 Å². The summed E-state index contributed by atoms with van der Waals surface area (Å²) in [5.74, 6) is 0.867. The van der Waals surface area contributed by atoms with Gasteiger partial charge in [-0.1, -0.05) is 6.92 Å². The standard InChI is InChI=1S/C21H27N7O2/c1-4-14-10-27(18(30)21(14,12-22)15-5-6-15)17-7-8-23-19(26-17)25-16-9-24-28(11-16)20(2,3)13-29/h7-9,11,14-15,29H,4-6,10,13H2,1-3H3,(H,23,25,26)/t14-,21+/m1/s1. The van der Waals surface area contributed by atoms with Gasteiger partial charge in [-0.3, -0.25) is 14.4 Å². The van der Waals surface area contributed by atoms with Crippen molar-refractivity contribution >= 4 is 23.4 Å². The molecule has 2 aliphatic rings. The second kappa shape index (κ2) is 7.36. The van der Waals surface area contributed by atoms with Gasteiger partial charge in [0.05, 0.1) is 30.1 Å². The average Bonchev–Trinajstić information content (AvgIpc) is 3.41. The largest absolute Gasteiger partial charge is 0.394 e. The van der Waals surface area contributed by atoms with Gasteiger partial charge < -0.3 is 10.4 Å². The molecule has 1 aliphatic carbocycles. The summed E-state index contributed by atoms with van der Waals surface area (Å²) in [6, 6.07) is 4.09. The Labute approximate surface area is 175 Å². The fourth-order valence-electron chi connectivity index (χ4n) is 4.25. The lowest BCUT2D eigenvalue weighted by atomic mass is 9.73. The topological polar surface area (TPSA) is 120 Å². The molecule has 3 heterocycles. The average molecular weight is 409 g/mol. The van der Waals surface area contributed by atoms with E-state index in [1.807, 2.05) is 20.8 Å². The molecule has 158 valence electrons. The van der Waals surface area contributed by atoms with Crippen molar-refractivity contribution in [1.82, 2.24) is 19.7 Å². The first-order valence-electron chi connectivity index (χ1n) is 10.3. The van der Waals surface area contributed by atoms with E-state index in [0.717, 1.165) is 19.3 Å². The molecule has 0 aromatic carbocycles. The minimum atomic E-state index is -0.926. The number of nitriles is 1. The summed E-state index contributed by atoms with van der Waals surface area (Å²) < 4.78 is 1.67. The fraction of sp³-hybridized carbons (Fsp3) is 0.571. The molecule has 0 radical (unpaired) electrons. The van der Waals surface area contributed by atoms with E-state index in [-0.39, 0.29) is 24.3 Å². The second-order valence-electron chi connectivity index (χ2n) is 8.78. The Balaban J connectivity index is 1.57. The zero-order valence-corrected chi connectivity index (χ0v) is 17.5. The van der Waals surface area contributed by atoms with Gasteiger partial charge in [0.15, 0.2) is 0 Å². The monoisotopic (exact) mass is 409 g/mol. The Bertz CT molecular complexity index is 991. The molecule has 2 atom stereocenters. The van der Waals surface area contributed by atoms with Crippen molar-refractivity contribution in [2.24, 2.45) is 17.3 Å². The third-order valence-electron chi connectivity index (χ3n) is 6.31. The number of hydrogen-bond donors (Lipinski definition) is 2. The van der Waals surface area contributed by atoms with Crippen LogP contribution in [-0.4, -0.2) is 43.9 Å². The van der Waals surface area contributed by atoms with Gasteiger partial charge in [-0.2, -0.15) is 15.3 Å². The highest BCUT2D eigenvalue weighted by molar-refractivity contribution is 6.02. The van der Waals surface area contributed by atoms with Crippen molar-refractivity contribution in [3.63, 3.8) is 0 Å². The van der Waals surface area contributed by atoms with Crippen LogP contribution < -0.4 is 10.2 Å². The summed E-state index contributed by atoms with van der Waals surface area (Å²) in [6.45, 7) is 6.25. The number of anilines is 3. The van der Waals surface area contributed by atoms with Crippen LogP contribution >= 0.6 is 0 Å². The summed E-state index contributed by atoms with van der Waals surface area (Å²) in [5, 5.41) is 26.8. The molecule has 1 aliphatic heterocycles. The molecule has 0 unspecified atom stereocenters.